The van der Waals surface area contributed by atoms with Crippen molar-refractivity contribution in [1.29, 1.82) is 0 Å². The summed E-state index contributed by atoms with van der Waals surface area (Å²) in [6.07, 6.45) is 2.89. The number of ether oxygens (including phenoxy) is 2. The van der Waals surface area contributed by atoms with E-state index in [1.54, 1.807) is 18.2 Å². The lowest BCUT2D eigenvalue weighted by Crippen LogP contribution is -2.29. The van der Waals surface area contributed by atoms with Crippen LogP contribution in [-0.4, -0.2) is 46.0 Å². The highest BCUT2D eigenvalue weighted by atomic mass is 35.5. The van der Waals surface area contributed by atoms with Gasteiger partial charge in [-0.1, -0.05) is 35.6 Å². The van der Waals surface area contributed by atoms with Gasteiger partial charge in [-0.15, -0.1) is 0 Å². The predicted octanol–water partition coefficient (Wildman–Crippen LogP) is 3.57. The minimum Gasteiger partial charge on any atom is -0.486 e. The molecule has 6 nitrogen and oxygen atoms in total. The molecule has 1 saturated heterocycles. The molecule has 2 heterocycles. The lowest BCUT2D eigenvalue weighted by Gasteiger charge is -2.19. The van der Waals surface area contributed by atoms with Crippen LogP contribution in [0.1, 0.15) is 24.8 Å². The van der Waals surface area contributed by atoms with Gasteiger partial charge in [0.15, 0.2) is 11.5 Å². The zero-order valence-corrected chi connectivity index (χ0v) is 16.1. The van der Waals surface area contributed by atoms with Gasteiger partial charge in [-0.2, -0.15) is 0 Å². The highest BCUT2D eigenvalue weighted by Gasteiger charge is 2.31. The maximum atomic E-state index is 12.6. The summed E-state index contributed by atoms with van der Waals surface area (Å²) in [5.41, 5.74) is 0.727. The fraction of sp³-hybridized carbons (Fsp3) is 0.353. The molecule has 1 amide bonds. The van der Waals surface area contributed by atoms with Crippen LogP contribution in [0.5, 0.6) is 11.5 Å². The fourth-order valence-electron chi connectivity index (χ4n) is 2.60. The third kappa shape index (κ3) is 4.31. The number of nitrogens with zero attached hydrogens (tertiary/aromatic N) is 1. The summed E-state index contributed by atoms with van der Waals surface area (Å²) in [6.45, 7) is 1.31. The van der Waals surface area contributed by atoms with Crippen molar-refractivity contribution in [2.24, 2.45) is 0 Å². The molecule has 0 spiro atoms. The molecule has 3 rings (SSSR count). The largest absolute Gasteiger partial charge is 0.486 e. The molecular weight excluding hydrogens is 398 g/mol. The van der Waals surface area contributed by atoms with Crippen molar-refractivity contribution in [3.05, 3.63) is 27.6 Å². The van der Waals surface area contributed by atoms with Crippen molar-refractivity contribution < 1.29 is 24.2 Å². The number of thiocarbonyl (C=S) groups is 1. The standard InChI is InChI=1S/C17H16ClNO5S2/c18-11-7-10(8-12-15(11)24-6-5-23-12)9-13-16(22)19(17(25)26-13)4-2-1-3-14(20)21/h7-9H,1-6H2,(H,20,21)/b13-9+. The molecule has 26 heavy (non-hydrogen) atoms. The van der Waals surface area contributed by atoms with Gasteiger partial charge in [0.25, 0.3) is 5.91 Å². The fourth-order valence-corrected chi connectivity index (χ4v) is 4.19. The number of rotatable bonds is 6. The maximum absolute atomic E-state index is 12.6. The molecule has 0 atom stereocenters. The summed E-state index contributed by atoms with van der Waals surface area (Å²) in [7, 11) is 0. The summed E-state index contributed by atoms with van der Waals surface area (Å²) < 4.78 is 11.5. The van der Waals surface area contributed by atoms with Crippen molar-refractivity contribution in [3.63, 3.8) is 0 Å². The second-order valence-corrected chi connectivity index (χ2v) is 7.79. The third-order valence-electron chi connectivity index (χ3n) is 3.81. The second kappa shape index (κ2) is 8.28. The number of fused-ring (bicyclic) bond motifs is 1. The average molecular weight is 414 g/mol. The highest BCUT2D eigenvalue weighted by Crippen LogP contribution is 2.40. The van der Waals surface area contributed by atoms with Crippen molar-refractivity contribution >= 4 is 57.9 Å². The molecular formula is C17H16ClNO5S2. The molecule has 1 fully saturated rings. The molecule has 0 saturated carbocycles. The molecule has 1 aromatic carbocycles. The molecule has 1 N–H and O–H groups in total. The number of carbonyl (C=O) groups is 2. The molecule has 9 heteroatoms. The minimum absolute atomic E-state index is 0.0837. The van der Waals surface area contributed by atoms with E-state index in [-0.39, 0.29) is 12.3 Å². The Hall–Kier alpha value is -1.77. The quantitative estimate of drug-likeness (QED) is 0.434. The first kappa shape index (κ1) is 19.0. The van der Waals surface area contributed by atoms with Gasteiger partial charge >= 0.3 is 5.97 Å². The van der Waals surface area contributed by atoms with Crippen molar-refractivity contribution in [2.75, 3.05) is 19.8 Å². The topological polar surface area (TPSA) is 76.1 Å². The summed E-state index contributed by atoms with van der Waals surface area (Å²) in [6, 6.07) is 3.49. The first-order chi connectivity index (χ1) is 12.5. The Labute approximate surface area is 165 Å². The third-order valence-corrected chi connectivity index (χ3v) is 5.47. The Morgan fingerprint density at radius 3 is 2.88 bits per heavy atom. The van der Waals surface area contributed by atoms with E-state index in [9.17, 15) is 9.59 Å². The number of hydrogen-bond donors (Lipinski definition) is 1. The number of hydrogen-bond acceptors (Lipinski definition) is 6. The van der Waals surface area contributed by atoms with Gasteiger partial charge in [0, 0.05) is 13.0 Å². The van der Waals surface area contributed by atoms with Crippen LogP contribution in [0.3, 0.4) is 0 Å². The van der Waals surface area contributed by atoms with Crippen LogP contribution in [0, 0.1) is 0 Å². The Kier molecular flexibility index (Phi) is 6.05. The number of aliphatic carboxylic acids is 1. The van der Waals surface area contributed by atoms with E-state index < -0.39 is 5.97 Å². The summed E-state index contributed by atoms with van der Waals surface area (Å²) in [4.78, 5) is 25.1. The Bertz CT molecular complexity index is 796. The van der Waals surface area contributed by atoms with E-state index in [0.717, 1.165) is 5.56 Å². The van der Waals surface area contributed by atoms with E-state index in [2.05, 4.69) is 0 Å². The van der Waals surface area contributed by atoms with E-state index in [4.69, 9.17) is 38.4 Å². The summed E-state index contributed by atoms with van der Waals surface area (Å²) in [5, 5.41) is 9.10. The van der Waals surface area contributed by atoms with Crippen LogP contribution in [0.4, 0.5) is 0 Å². The van der Waals surface area contributed by atoms with E-state index >= 15 is 0 Å². The number of carbonyl (C=O) groups excluding carboxylic acids is 1. The average Bonchev–Trinajstić information content (AvgIpc) is 2.85. The second-order valence-electron chi connectivity index (χ2n) is 5.71. The molecule has 0 radical (unpaired) electrons. The first-order valence-electron chi connectivity index (χ1n) is 8.02. The summed E-state index contributed by atoms with van der Waals surface area (Å²) >= 11 is 12.7. The molecule has 0 unspecified atom stereocenters. The minimum atomic E-state index is -0.842. The molecule has 0 aliphatic carbocycles. The van der Waals surface area contributed by atoms with Crippen LogP contribution in [0.25, 0.3) is 6.08 Å². The zero-order chi connectivity index (χ0) is 18.7. The smallest absolute Gasteiger partial charge is 0.303 e. The van der Waals surface area contributed by atoms with Gasteiger partial charge in [-0.25, -0.2) is 0 Å². The molecule has 1 aromatic rings. The molecule has 0 aromatic heterocycles. The van der Waals surface area contributed by atoms with Gasteiger partial charge in [0.1, 0.15) is 17.5 Å². The predicted molar refractivity (Wildman–Crippen MR) is 104 cm³/mol. The van der Waals surface area contributed by atoms with E-state index in [1.807, 2.05) is 0 Å². The van der Waals surface area contributed by atoms with Gasteiger partial charge in [0.2, 0.25) is 0 Å². The maximum Gasteiger partial charge on any atom is 0.303 e. The van der Waals surface area contributed by atoms with Crippen LogP contribution < -0.4 is 9.47 Å². The van der Waals surface area contributed by atoms with Gasteiger partial charge < -0.3 is 14.6 Å². The van der Waals surface area contributed by atoms with E-state index in [0.29, 0.717) is 58.3 Å². The molecule has 2 aliphatic rings. The Morgan fingerprint density at radius 1 is 1.35 bits per heavy atom. The normalized spacial score (nSPS) is 17.9. The van der Waals surface area contributed by atoms with Crippen LogP contribution in [0.15, 0.2) is 17.0 Å². The number of benzene rings is 1. The van der Waals surface area contributed by atoms with Crippen LogP contribution in [-0.2, 0) is 9.59 Å². The first-order valence-corrected chi connectivity index (χ1v) is 9.62. The number of halogens is 1. The Morgan fingerprint density at radius 2 is 2.12 bits per heavy atom. The number of carboxylic acid groups (broad SMARTS) is 1. The zero-order valence-electron chi connectivity index (χ0n) is 13.7. The number of unbranched alkanes of at least 4 members (excludes halogenated alkanes) is 1. The van der Waals surface area contributed by atoms with Crippen LogP contribution in [0.2, 0.25) is 5.02 Å². The monoisotopic (exact) mass is 413 g/mol. The molecule has 138 valence electrons. The SMILES string of the molecule is O=C(O)CCCCN1C(=O)/C(=C\c2cc(Cl)c3c(c2)OCCO3)SC1=S. The summed E-state index contributed by atoms with van der Waals surface area (Å²) in [5.74, 6) is 0.0484. The van der Waals surface area contributed by atoms with Crippen molar-refractivity contribution in [3.8, 4) is 11.5 Å². The van der Waals surface area contributed by atoms with Gasteiger partial charge in [-0.05, 0) is 36.6 Å². The van der Waals surface area contributed by atoms with Gasteiger partial charge in [-0.3, -0.25) is 14.5 Å². The van der Waals surface area contributed by atoms with E-state index in [1.165, 1.54) is 16.7 Å². The lowest BCUT2D eigenvalue weighted by molar-refractivity contribution is -0.137. The van der Waals surface area contributed by atoms with Crippen molar-refractivity contribution in [2.45, 2.75) is 19.3 Å². The number of thioether (sulfide) groups is 1. The van der Waals surface area contributed by atoms with Crippen molar-refractivity contribution in [1.82, 2.24) is 4.90 Å². The number of carboxylic acids is 1. The highest BCUT2D eigenvalue weighted by molar-refractivity contribution is 8.26. The van der Waals surface area contributed by atoms with Gasteiger partial charge in [0.05, 0.1) is 9.93 Å². The number of amides is 1. The molecule has 0 bridgehead atoms. The lowest BCUT2D eigenvalue weighted by atomic mass is 10.1. The molecule has 2 aliphatic heterocycles. The Balaban J connectivity index is 1.71. The van der Waals surface area contributed by atoms with Crippen LogP contribution >= 0.6 is 35.6 Å².